The zero-order valence-corrected chi connectivity index (χ0v) is 12.8. The van der Waals surface area contributed by atoms with Crippen LogP contribution in [0.1, 0.15) is 52.4 Å². The third kappa shape index (κ3) is 3.00. The summed E-state index contributed by atoms with van der Waals surface area (Å²) in [5.41, 5.74) is -0.885. The molecule has 2 heterocycles. The number of carboxylic acid groups (broad SMARTS) is 1. The summed E-state index contributed by atoms with van der Waals surface area (Å²) in [6.45, 7) is 3.84. The Kier molecular flexibility index (Phi) is 4.76. The first-order chi connectivity index (χ1) is 9.93. The molecule has 3 N–H and O–H groups in total. The molecule has 0 aliphatic carbocycles. The molecule has 0 radical (unpaired) electrons. The Balaban J connectivity index is 1.98. The van der Waals surface area contributed by atoms with Gasteiger partial charge in [0, 0.05) is 18.6 Å². The van der Waals surface area contributed by atoms with Crippen LogP contribution in [0.2, 0.25) is 0 Å². The van der Waals surface area contributed by atoms with E-state index in [0.29, 0.717) is 25.7 Å². The van der Waals surface area contributed by atoms with Crippen LogP contribution in [0.3, 0.4) is 0 Å². The molecule has 0 aromatic carbocycles. The van der Waals surface area contributed by atoms with E-state index < -0.39 is 11.4 Å². The van der Waals surface area contributed by atoms with Crippen molar-refractivity contribution < 1.29 is 19.8 Å². The van der Waals surface area contributed by atoms with E-state index in [1.807, 2.05) is 18.7 Å². The number of carbonyl (C=O) groups excluding carboxylic acids is 1. The lowest BCUT2D eigenvalue weighted by atomic mass is 9.82. The van der Waals surface area contributed by atoms with Crippen molar-refractivity contribution in [1.29, 1.82) is 0 Å². The molecule has 2 aliphatic heterocycles. The number of fused-ring (bicyclic) bond motifs is 2. The number of urea groups is 1. The molecule has 2 fully saturated rings. The topological polar surface area (TPSA) is 89.9 Å². The molecule has 2 unspecified atom stereocenters. The molecule has 0 saturated carbocycles. The Morgan fingerprint density at radius 1 is 1.19 bits per heavy atom. The van der Waals surface area contributed by atoms with Crippen molar-refractivity contribution in [1.82, 2.24) is 10.2 Å². The fourth-order valence-corrected chi connectivity index (χ4v) is 3.69. The van der Waals surface area contributed by atoms with Crippen molar-refractivity contribution in [3.63, 3.8) is 0 Å². The standard InChI is InChI=1S/C15H26N2O4/c1-3-15(4-2,13(19)20)9-16-14(21)17-10-5-6-11(17)8-12(18)7-10/h10-12,18H,3-9H2,1-2H3,(H,16,21)(H,19,20). The van der Waals surface area contributed by atoms with Crippen molar-refractivity contribution in [3.05, 3.63) is 0 Å². The van der Waals surface area contributed by atoms with Gasteiger partial charge < -0.3 is 20.4 Å². The average molecular weight is 298 g/mol. The quantitative estimate of drug-likeness (QED) is 0.718. The van der Waals surface area contributed by atoms with E-state index in [-0.39, 0.29) is 30.8 Å². The molecule has 2 bridgehead atoms. The summed E-state index contributed by atoms with van der Waals surface area (Å²) in [6, 6.07) is 0.0180. The van der Waals surface area contributed by atoms with Crippen LogP contribution < -0.4 is 5.32 Å². The molecule has 2 rings (SSSR count). The van der Waals surface area contributed by atoms with Crippen LogP contribution in [0, 0.1) is 5.41 Å². The smallest absolute Gasteiger partial charge is 0.317 e. The van der Waals surface area contributed by atoms with E-state index >= 15 is 0 Å². The van der Waals surface area contributed by atoms with Crippen LogP contribution in [0.5, 0.6) is 0 Å². The molecule has 0 spiro atoms. The van der Waals surface area contributed by atoms with E-state index in [4.69, 9.17) is 0 Å². The molecule has 6 heteroatoms. The maximum atomic E-state index is 12.4. The molecule has 2 atom stereocenters. The van der Waals surface area contributed by atoms with Gasteiger partial charge in [0.2, 0.25) is 0 Å². The van der Waals surface area contributed by atoms with Crippen molar-refractivity contribution in [2.75, 3.05) is 6.54 Å². The van der Waals surface area contributed by atoms with Crippen LogP contribution in [-0.2, 0) is 4.79 Å². The van der Waals surface area contributed by atoms with E-state index in [9.17, 15) is 19.8 Å². The average Bonchev–Trinajstić information content (AvgIpc) is 2.72. The Bertz CT molecular complexity index is 394. The minimum atomic E-state index is -0.885. The minimum absolute atomic E-state index is 0.0984. The number of carbonyl (C=O) groups is 2. The molecule has 2 saturated heterocycles. The van der Waals surface area contributed by atoms with Crippen LogP contribution in [0.25, 0.3) is 0 Å². The van der Waals surface area contributed by atoms with Gasteiger partial charge in [-0.2, -0.15) is 0 Å². The Morgan fingerprint density at radius 2 is 1.71 bits per heavy atom. The van der Waals surface area contributed by atoms with E-state index in [2.05, 4.69) is 5.32 Å². The van der Waals surface area contributed by atoms with Gasteiger partial charge in [0.1, 0.15) is 0 Å². The number of nitrogens with zero attached hydrogens (tertiary/aromatic N) is 1. The minimum Gasteiger partial charge on any atom is -0.481 e. The molecule has 21 heavy (non-hydrogen) atoms. The highest BCUT2D eigenvalue weighted by Crippen LogP contribution is 2.36. The lowest BCUT2D eigenvalue weighted by Crippen LogP contribution is -2.54. The molecule has 0 aromatic rings. The fraction of sp³-hybridized carbons (Fsp3) is 0.867. The number of aliphatic hydroxyl groups excluding tert-OH is 1. The van der Waals surface area contributed by atoms with E-state index in [1.165, 1.54) is 0 Å². The summed E-state index contributed by atoms with van der Waals surface area (Å²) in [5.74, 6) is -0.857. The molecule has 2 aliphatic rings. The first-order valence-corrected chi connectivity index (χ1v) is 7.91. The highest BCUT2D eigenvalue weighted by molar-refractivity contribution is 5.78. The summed E-state index contributed by atoms with van der Waals surface area (Å²) in [5, 5.41) is 22.0. The Labute approximate surface area is 125 Å². The molecular weight excluding hydrogens is 272 g/mol. The predicted octanol–water partition coefficient (Wildman–Crippen LogP) is 1.57. The summed E-state index contributed by atoms with van der Waals surface area (Å²) < 4.78 is 0. The molecule has 120 valence electrons. The second-order valence-corrected chi connectivity index (χ2v) is 6.37. The van der Waals surface area contributed by atoms with Crippen LogP contribution in [0.15, 0.2) is 0 Å². The van der Waals surface area contributed by atoms with Gasteiger partial charge in [0.25, 0.3) is 0 Å². The predicted molar refractivity (Wildman–Crippen MR) is 77.9 cm³/mol. The van der Waals surface area contributed by atoms with E-state index in [0.717, 1.165) is 12.8 Å². The third-order valence-corrected chi connectivity index (χ3v) is 5.33. The molecule has 0 aromatic heterocycles. The van der Waals surface area contributed by atoms with Crippen molar-refractivity contribution in [2.24, 2.45) is 5.41 Å². The highest BCUT2D eigenvalue weighted by atomic mass is 16.4. The number of aliphatic carboxylic acids is 1. The number of hydrogen-bond acceptors (Lipinski definition) is 3. The van der Waals surface area contributed by atoms with Gasteiger partial charge in [0.05, 0.1) is 11.5 Å². The largest absolute Gasteiger partial charge is 0.481 e. The van der Waals surface area contributed by atoms with Gasteiger partial charge in [-0.1, -0.05) is 13.8 Å². The molecule has 6 nitrogen and oxygen atoms in total. The maximum absolute atomic E-state index is 12.4. The number of amides is 2. The fourth-order valence-electron chi connectivity index (χ4n) is 3.69. The lowest BCUT2D eigenvalue weighted by molar-refractivity contribution is -0.149. The van der Waals surface area contributed by atoms with Crippen molar-refractivity contribution >= 4 is 12.0 Å². The molecular formula is C15H26N2O4. The van der Waals surface area contributed by atoms with Gasteiger partial charge in [-0.3, -0.25) is 4.79 Å². The summed E-state index contributed by atoms with van der Waals surface area (Å²) in [4.78, 5) is 25.7. The van der Waals surface area contributed by atoms with Crippen LogP contribution in [-0.4, -0.2) is 51.8 Å². The Hall–Kier alpha value is -1.30. The van der Waals surface area contributed by atoms with Gasteiger partial charge in [-0.15, -0.1) is 0 Å². The van der Waals surface area contributed by atoms with E-state index in [1.54, 1.807) is 0 Å². The van der Waals surface area contributed by atoms with Gasteiger partial charge in [0.15, 0.2) is 0 Å². The highest BCUT2D eigenvalue weighted by Gasteiger charge is 2.43. The second kappa shape index (κ2) is 6.22. The number of hydrogen-bond donors (Lipinski definition) is 3. The first kappa shape index (κ1) is 16.1. The molecule has 2 amide bonds. The Morgan fingerprint density at radius 3 is 2.14 bits per heavy atom. The first-order valence-electron chi connectivity index (χ1n) is 7.91. The van der Waals surface area contributed by atoms with Gasteiger partial charge in [-0.25, -0.2) is 4.79 Å². The third-order valence-electron chi connectivity index (χ3n) is 5.33. The summed E-state index contributed by atoms with van der Waals surface area (Å²) >= 11 is 0. The zero-order valence-electron chi connectivity index (χ0n) is 12.8. The second-order valence-electron chi connectivity index (χ2n) is 6.37. The van der Waals surface area contributed by atoms with Crippen LogP contribution in [0.4, 0.5) is 4.79 Å². The zero-order chi connectivity index (χ0) is 15.6. The number of rotatable bonds is 5. The van der Waals surface area contributed by atoms with Gasteiger partial charge >= 0.3 is 12.0 Å². The number of piperidine rings is 1. The normalized spacial score (nSPS) is 28.5. The van der Waals surface area contributed by atoms with Crippen LogP contribution >= 0.6 is 0 Å². The SMILES string of the molecule is CCC(CC)(CNC(=O)N1C2CCC1CC(O)C2)C(=O)O. The lowest BCUT2D eigenvalue weighted by Gasteiger charge is -2.38. The number of aliphatic hydroxyl groups is 1. The van der Waals surface area contributed by atoms with Gasteiger partial charge in [-0.05, 0) is 38.5 Å². The maximum Gasteiger partial charge on any atom is 0.317 e. The van der Waals surface area contributed by atoms with Crippen molar-refractivity contribution in [3.8, 4) is 0 Å². The number of nitrogens with one attached hydrogen (secondary N) is 1. The monoisotopic (exact) mass is 298 g/mol. The summed E-state index contributed by atoms with van der Waals surface area (Å²) in [7, 11) is 0. The summed E-state index contributed by atoms with van der Waals surface area (Å²) in [6.07, 6.45) is 3.80. The number of carboxylic acids is 1. The van der Waals surface area contributed by atoms with Crippen molar-refractivity contribution in [2.45, 2.75) is 70.6 Å².